The van der Waals surface area contributed by atoms with Gasteiger partial charge in [-0.2, -0.15) is 0 Å². The van der Waals surface area contributed by atoms with Crippen molar-refractivity contribution in [1.82, 2.24) is 9.88 Å². The molecule has 7 heteroatoms. The van der Waals surface area contributed by atoms with Crippen LogP contribution in [0.5, 0.6) is 0 Å². The summed E-state index contributed by atoms with van der Waals surface area (Å²) in [5, 5.41) is 10.2. The number of carbonyl (C=O) groups excluding carboxylic acids is 1. The van der Waals surface area contributed by atoms with Gasteiger partial charge in [-0.25, -0.2) is 14.7 Å². The Hall–Kier alpha value is -2.11. The molecule has 2 atom stereocenters. The third kappa shape index (κ3) is 2.36. The second kappa shape index (κ2) is 5.51. The smallest absolute Gasteiger partial charge is 0.414 e. The van der Waals surface area contributed by atoms with E-state index in [2.05, 4.69) is 4.98 Å². The van der Waals surface area contributed by atoms with Gasteiger partial charge in [0.05, 0.1) is 11.5 Å². The molecule has 2 heterocycles. The highest BCUT2D eigenvalue weighted by atomic mass is 35.5. The lowest BCUT2D eigenvalue weighted by molar-refractivity contribution is -0.155. The molecule has 2 aromatic rings. The molecule has 1 N–H and O–H groups in total. The number of imide groups is 1. The number of hydrogen-bond donors (Lipinski definition) is 1. The number of hydrogen-bond acceptors (Lipinski definition) is 3. The van der Waals surface area contributed by atoms with E-state index in [4.69, 9.17) is 23.2 Å². The van der Waals surface area contributed by atoms with Gasteiger partial charge in [0.2, 0.25) is 5.91 Å². The van der Waals surface area contributed by atoms with Gasteiger partial charge in [-0.05, 0) is 36.2 Å². The van der Waals surface area contributed by atoms with Crippen molar-refractivity contribution in [3.05, 3.63) is 63.9 Å². The molecule has 1 saturated heterocycles. The Balaban J connectivity index is 2.10. The molecule has 2 amide bonds. The number of aromatic nitrogens is 1. The lowest BCUT2D eigenvalue weighted by atomic mass is 9.65. The molecule has 1 aromatic heterocycles. The van der Waals surface area contributed by atoms with E-state index < -0.39 is 23.5 Å². The highest BCUT2D eigenvalue weighted by Gasteiger charge is 2.61. The summed E-state index contributed by atoms with van der Waals surface area (Å²) >= 11 is 11.7. The standard InChI is InChI=1S/C16H12Cl2N2O3/c1-16(10-3-5-11(17)6-4-10)13(20(14(16)21)15(22)23)9-2-7-12(18)19-8-9/h2-8,13H,1H3,(H,22,23). The predicted octanol–water partition coefficient (Wildman–Crippen LogP) is 3.91. The van der Waals surface area contributed by atoms with Crippen molar-refractivity contribution in [3.63, 3.8) is 0 Å². The van der Waals surface area contributed by atoms with Crippen LogP contribution < -0.4 is 0 Å². The number of amides is 2. The number of carboxylic acid groups (broad SMARTS) is 1. The molecular formula is C16H12Cl2N2O3. The third-order valence-electron chi connectivity index (χ3n) is 4.18. The van der Waals surface area contributed by atoms with Crippen LogP contribution in [0, 0.1) is 0 Å². The molecule has 5 nitrogen and oxygen atoms in total. The minimum absolute atomic E-state index is 0.300. The van der Waals surface area contributed by atoms with Crippen LogP contribution >= 0.6 is 23.2 Å². The Morgan fingerprint density at radius 1 is 1.22 bits per heavy atom. The lowest BCUT2D eigenvalue weighted by Gasteiger charge is -2.52. The van der Waals surface area contributed by atoms with Gasteiger partial charge in [0.15, 0.2) is 0 Å². The molecule has 3 rings (SSSR count). The van der Waals surface area contributed by atoms with Crippen LogP contribution in [0.25, 0.3) is 0 Å². The van der Waals surface area contributed by atoms with E-state index in [0.717, 1.165) is 4.90 Å². The van der Waals surface area contributed by atoms with Gasteiger partial charge in [0.1, 0.15) is 5.15 Å². The first-order chi connectivity index (χ1) is 10.9. The highest BCUT2D eigenvalue weighted by Crippen LogP contribution is 2.51. The number of β-lactam (4-membered cyclic amide) rings is 1. The number of nitrogens with zero attached hydrogens (tertiary/aromatic N) is 2. The summed E-state index contributed by atoms with van der Waals surface area (Å²) in [6.07, 6.45) is 0.199. The normalized spacial score (nSPS) is 23.5. The van der Waals surface area contributed by atoms with Crippen molar-refractivity contribution in [2.75, 3.05) is 0 Å². The molecule has 0 aliphatic carbocycles. The van der Waals surface area contributed by atoms with Gasteiger partial charge in [-0.1, -0.05) is 41.4 Å². The summed E-state index contributed by atoms with van der Waals surface area (Å²) in [5.41, 5.74) is 0.302. The monoisotopic (exact) mass is 350 g/mol. The summed E-state index contributed by atoms with van der Waals surface area (Å²) in [5.74, 6) is -0.479. The molecule has 1 aliphatic heterocycles. The minimum atomic E-state index is -1.29. The van der Waals surface area contributed by atoms with Gasteiger partial charge in [0.25, 0.3) is 0 Å². The molecule has 1 aliphatic rings. The van der Waals surface area contributed by atoms with Crippen molar-refractivity contribution in [3.8, 4) is 0 Å². The third-order valence-corrected chi connectivity index (χ3v) is 4.66. The van der Waals surface area contributed by atoms with Crippen molar-refractivity contribution >= 4 is 35.2 Å². The van der Waals surface area contributed by atoms with Crippen LogP contribution in [-0.4, -0.2) is 27.0 Å². The number of halogens is 2. The maximum atomic E-state index is 12.5. The summed E-state index contributed by atoms with van der Waals surface area (Å²) in [4.78, 5) is 28.8. The Labute approximate surface area is 142 Å². The Morgan fingerprint density at radius 3 is 2.39 bits per heavy atom. The zero-order chi connectivity index (χ0) is 16.8. The fourth-order valence-corrected chi connectivity index (χ4v) is 3.22. The zero-order valence-electron chi connectivity index (χ0n) is 12.0. The molecule has 1 aromatic carbocycles. The average molecular weight is 351 g/mol. The maximum Gasteiger partial charge on any atom is 0.414 e. The van der Waals surface area contributed by atoms with Gasteiger partial charge < -0.3 is 5.11 Å². The number of pyridine rings is 1. The fourth-order valence-electron chi connectivity index (χ4n) is 2.98. The van der Waals surface area contributed by atoms with Gasteiger partial charge in [-0.3, -0.25) is 4.79 Å². The van der Waals surface area contributed by atoms with Crippen LogP contribution in [-0.2, 0) is 10.2 Å². The molecule has 118 valence electrons. The van der Waals surface area contributed by atoms with E-state index in [9.17, 15) is 14.7 Å². The van der Waals surface area contributed by atoms with Crippen LogP contribution in [0.1, 0.15) is 24.1 Å². The Morgan fingerprint density at radius 2 is 1.87 bits per heavy atom. The van der Waals surface area contributed by atoms with Crippen LogP contribution in [0.4, 0.5) is 4.79 Å². The summed E-state index contributed by atoms with van der Waals surface area (Å²) < 4.78 is 0. The minimum Gasteiger partial charge on any atom is -0.465 e. The number of rotatable bonds is 2. The van der Waals surface area contributed by atoms with Crippen molar-refractivity contribution < 1.29 is 14.7 Å². The molecule has 2 unspecified atom stereocenters. The topological polar surface area (TPSA) is 70.5 Å². The quantitative estimate of drug-likeness (QED) is 0.658. The summed E-state index contributed by atoms with van der Waals surface area (Å²) in [6.45, 7) is 1.72. The summed E-state index contributed by atoms with van der Waals surface area (Å²) in [7, 11) is 0. The van der Waals surface area contributed by atoms with Gasteiger partial charge in [-0.15, -0.1) is 0 Å². The largest absolute Gasteiger partial charge is 0.465 e. The number of likely N-dealkylation sites (tertiary alicyclic amines) is 1. The van der Waals surface area contributed by atoms with E-state index >= 15 is 0 Å². The van der Waals surface area contributed by atoms with Crippen LogP contribution in [0.15, 0.2) is 42.6 Å². The second-order valence-electron chi connectivity index (χ2n) is 5.48. The molecule has 0 bridgehead atoms. The number of benzene rings is 1. The average Bonchev–Trinajstić information content (AvgIpc) is 2.52. The van der Waals surface area contributed by atoms with Gasteiger partial charge >= 0.3 is 6.09 Å². The number of carbonyl (C=O) groups is 2. The van der Waals surface area contributed by atoms with Crippen LogP contribution in [0.3, 0.4) is 0 Å². The van der Waals surface area contributed by atoms with Crippen molar-refractivity contribution in [2.24, 2.45) is 0 Å². The first-order valence-electron chi connectivity index (χ1n) is 6.80. The first kappa shape index (κ1) is 15.8. The van der Waals surface area contributed by atoms with E-state index in [-0.39, 0.29) is 0 Å². The Bertz CT molecular complexity index is 777. The predicted molar refractivity (Wildman–Crippen MR) is 85.7 cm³/mol. The zero-order valence-corrected chi connectivity index (χ0v) is 13.5. The Kier molecular flexibility index (Phi) is 3.78. The van der Waals surface area contributed by atoms with E-state index in [1.54, 1.807) is 43.3 Å². The highest BCUT2D eigenvalue weighted by molar-refractivity contribution is 6.30. The van der Waals surface area contributed by atoms with E-state index in [0.29, 0.717) is 21.3 Å². The van der Waals surface area contributed by atoms with Gasteiger partial charge in [0, 0.05) is 11.2 Å². The SMILES string of the molecule is CC1(c2ccc(Cl)cc2)C(=O)N(C(=O)O)C1c1ccc(Cl)nc1. The second-order valence-corrected chi connectivity index (χ2v) is 6.31. The summed E-state index contributed by atoms with van der Waals surface area (Å²) in [6, 6.07) is 9.40. The lowest BCUT2D eigenvalue weighted by Crippen LogP contribution is -2.66. The molecule has 0 radical (unpaired) electrons. The van der Waals surface area contributed by atoms with Crippen LogP contribution in [0.2, 0.25) is 10.2 Å². The molecular weight excluding hydrogens is 339 g/mol. The molecule has 0 spiro atoms. The van der Waals surface area contributed by atoms with Crippen molar-refractivity contribution in [1.29, 1.82) is 0 Å². The van der Waals surface area contributed by atoms with Crippen molar-refractivity contribution in [2.45, 2.75) is 18.4 Å². The van der Waals surface area contributed by atoms with E-state index in [1.165, 1.54) is 6.20 Å². The maximum absolute atomic E-state index is 12.5. The van der Waals surface area contributed by atoms with E-state index in [1.807, 2.05) is 0 Å². The fraction of sp³-hybridized carbons (Fsp3) is 0.188. The molecule has 1 fully saturated rings. The molecule has 23 heavy (non-hydrogen) atoms. The molecule has 0 saturated carbocycles. The first-order valence-corrected chi connectivity index (χ1v) is 7.55.